The van der Waals surface area contributed by atoms with E-state index in [-0.39, 0.29) is 12.2 Å². The summed E-state index contributed by atoms with van der Waals surface area (Å²) in [6.07, 6.45) is 5.60. The van der Waals surface area contributed by atoms with Gasteiger partial charge in [0.15, 0.2) is 0 Å². The molecule has 0 aromatic carbocycles. The van der Waals surface area contributed by atoms with Crippen molar-refractivity contribution in [1.29, 1.82) is 0 Å². The predicted molar refractivity (Wildman–Crippen MR) is 62.3 cm³/mol. The summed E-state index contributed by atoms with van der Waals surface area (Å²) in [7, 11) is 0. The summed E-state index contributed by atoms with van der Waals surface area (Å²) in [5.74, 6) is 0. The lowest BCUT2D eigenvalue weighted by Gasteiger charge is -2.18. The summed E-state index contributed by atoms with van der Waals surface area (Å²) in [5.41, 5.74) is 0. The second-order valence-electron chi connectivity index (χ2n) is 3.74. The Kier molecular flexibility index (Phi) is 5.58. The summed E-state index contributed by atoms with van der Waals surface area (Å²) >= 11 is 2.35. The number of aliphatic hydroxyl groups excluding tert-OH is 1. The van der Waals surface area contributed by atoms with Gasteiger partial charge in [0.05, 0.1) is 18.3 Å². The van der Waals surface area contributed by atoms with Gasteiger partial charge in [0.2, 0.25) is 0 Å². The smallest absolute Gasteiger partial charge is 0.0839 e. The molecule has 3 atom stereocenters. The van der Waals surface area contributed by atoms with Crippen LogP contribution >= 0.6 is 22.6 Å². The molecule has 0 aliphatic carbocycles. The van der Waals surface area contributed by atoms with Crippen LogP contribution in [0.5, 0.6) is 0 Å². The molecule has 78 valence electrons. The van der Waals surface area contributed by atoms with Gasteiger partial charge in [-0.15, -0.1) is 0 Å². The number of rotatable bonds is 5. The van der Waals surface area contributed by atoms with E-state index in [1.807, 2.05) is 0 Å². The van der Waals surface area contributed by atoms with E-state index in [9.17, 15) is 5.11 Å². The number of hydrogen-bond donors (Lipinski definition) is 1. The molecule has 0 aromatic heterocycles. The van der Waals surface area contributed by atoms with Gasteiger partial charge in [-0.2, -0.15) is 0 Å². The van der Waals surface area contributed by atoms with Crippen LogP contribution in [0.2, 0.25) is 0 Å². The highest BCUT2D eigenvalue weighted by Gasteiger charge is 2.29. The lowest BCUT2D eigenvalue weighted by atomic mass is 10.0. The van der Waals surface area contributed by atoms with Gasteiger partial charge in [-0.05, 0) is 19.3 Å². The molecular formula is C10H19IO2. The zero-order valence-electron chi connectivity index (χ0n) is 8.21. The molecule has 1 saturated heterocycles. The first kappa shape index (κ1) is 11.7. The molecule has 3 heteroatoms. The van der Waals surface area contributed by atoms with Crippen LogP contribution in [0.1, 0.15) is 39.0 Å². The molecule has 2 nitrogen and oxygen atoms in total. The molecule has 0 unspecified atom stereocenters. The van der Waals surface area contributed by atoms with E-state index >= 15 is 0 Å². The topological polar surface area (TPSA) is 29.5 Å². The molecule has 1 aliphatic rings. The summed E-state index contributed by atoms with van der Waals surface area (Å²) in [6, 6.07) is 0. The van der Waals surface area contributed by atoms with E-state index in [0.717, 1.165) is 36.5 Å². The highest BCUT2D eigenvalue weighted by atomic mass is 127. The number of alkyl halides is 1. The number of ether oxygens (including phenoxy) is 1. The van der Waals surface area contributed by atoms with Crippen LogP contribution in [0.3, 0.4) is 0 Å². The fraction of sp³-hybridized carbons (Fsp3) is 1.00. The second-order valence-corrected chi connectivity index (χ2v) is 4.62. The summed E-state index contributed by atoms with van der Waals surface area (Å²) in [6.45, 7) is 2.15. The Morgan fingerprint density at radius 3 is 2.85 bits per heavy atom. The number of halogens is 1. The van der Waals surface area contributed by atoms with Crippen molar-refractivity contribution >= 4 is 22.6 Å². The van der Waals surface area contributed by atoms with Crippen molar-refractivity contribution in [2.75, 3.05) is 4.43 Å². The average Bonchev–Trinajstić information content (AvgIpc) is 2.62. The van der Waals surface area contributed by atoms with Crippen molar-refractivity contribution < 1.29 is 9.84 Å². The van der Waals surface area contributed by atoms with Gasteiger partial charge in [-0.3, -0.25) is 0 Å². The van der Waals surface area contributed by atoms with Gasteiger partial charge < -0.3 is 9.84 Å². The minimum Gasteiger partial charge on any atom is -0.390 e. The zero-order valence-corrected chi connectivity index (χ0v) is 10.4. The van der Waals surface area contributed by atoms with Crippen LogP contribution < -0.4 is 0 Å². The van der Waals surface area contributed by atoms with Crippen LogP contribution in [0.4, 0.5) is 0 Å². The first-order chi connectivity index (χ1) is 6.27. The van der Waals surface area contributed by atoms with Crippen LogP contribution in [-0.2, 0) is 4.74 Å². The van der Waals surface area contributed by atoms with Gasteiger partial charge in [-0.1, -0.05) is 42.4 Å². The number of hydrogen-bond acceptors (Lipinski definition) is 2. The molecule has 0 aromatic rings. The van der Waals surface area contributed by atoms with Crippen molar-refractivity contribution in [3.8, 4) is 0 Å². The van der Waals surface area contributed by atoms with Crippen LogP contribution in [0, 0.1) is 0 Å². The normalized spacial score (nSPS) is 30.7. The third-order valence-corrected chi connectivity index (χ3v) is 3.58. The monoisotopic (exact) mass is 298 g/mol. The fourth-order valence-corrected chi connectivity index (χ4v) is 2.38. The van der Waals surface area contributed by atoms with Crippen LogP contribution in [0.15, 0.2) is 0 Å². The lowest BCUT2D eigenvalue weighted by molar-refractivity contribution is -0.0300. The minimum absolute atomic E-state index is 0.117. The third kappa shape index (κ3) is 3.72. The van der Waals surface area contributed by atoms with Gasteiger partial charge in [0, 0.05) is 4.43 Å². The quantitative estimate of drug-likeness (QED) is 0.624. The molecule has 0 spiro atoms. The zero-order chi connectivity index (χ0) is 9.68. The highest BCUT2D eigenvalue weighted by Crippen LogP contribution is 2.25. The Morgan fingerprint density at radius 1 is 1.54 bits per heavy atom. The van der Waals surface area contributed by atoms with Gasteiger partial charge >= 0.3 is 0 Å². The van der Waals surface area contributed by atoms with E-state index in [2.05, 4.69) is 29.5 Å². The van der Waals surface area contributed by atoms with Crippen molar-refractivity contribution in [2.24, 2.45) is 0 Å². The van der Waals surface area contributed by atoms with Crippen molar-refractivity contribution in [1.82, 2.24) is 0 Å². The molecule has 1 fully saturated rings. The summed E-state index contributed by atoms with van der Waals surface area (Å²) < 4.78 is 6.76. The first-order valence-electron chi connectivity index (χ1n) is 5.17. The molecule has 1 heterocycles. The lowest BCUT2D eigenvalue weighted by Crippen LogP contribution is -2.26. The molecular weight excluding hydrogens is 279 g/mol. The van der Waals surface area contributed by atoms with E-state index < -0.39 is 0 Å². The van der Waals surface area contributed by atoms with Gasteiger partial charge in [0.25, 0.3) is 0 Å². The Morgan fingerprint density at radius 2 is 2.31 bits per heavy atom. The molecule has 0 saturated carbocycles. The van der Waals surface area contributed by atoms with Crippen molar-refractivity contribution in [2.45, 2.75) is 57.3 Å². The minimum atomic E-state index is -0.229. The Bertz CT molecular complexity index is 141. The number of unbranched alkanes of at least 4 members (excludes halogenated alkanes) is 1. The molecule has 1 aliphatic heterocycles. The summed E-state index contributed by atoms with van der Waals surface area (Å²) in [5, 5.41) is 9.77. The average molecular weight is 298 g/mol. The van der Waals surface area contributed by atoms with Crippen LogP contribution in [0.25, 0.3) is 0 Å². The second kappa shape index (κ2) is 6.19. The Hall–Kier alpha value is 0.650. The van der Waals surface area contributed by atoms with Crippen LogP contribution in [-0.4, -0.2) is 27.8 Å². The molecule has 0 bridgehead atoms. The molecule has 0 amide bonds. The maximum absolute atomic E-state index is 9.77. The van der Waals surface area contributed by atoms with Gasteiger partial charge in [0.1, 0.15) is 0 Å². The standard InChI is InChI=1S/C10H19IO2/c1-2-3-4-9(12)10-6-5-8(7-11)13-10/h8-10,12H,2-7H2,1H3/t8-,9-,10-/m1/s1. The molecule has 1 rings (SSSR count). The maximum Gasteiger partial charge on any atom is 0.0839 e. The van der Waals surface area contributed by atoms with Crippen molar-refractivity contribution in [3.63, 3.8) is 0 Å². The predicted octanol–water partition coefficient (Wildman–Crippen LogP) is 2.52. The van der Waals surface area contributed by atoms with E-state index in [4.69, 9.17) is 4.74 Å². The summed E-state index contributed by atoms with van der Waals surface area (Å²) in [4.78, 5) is 0. The van der Waals surface area contributed by atoms with Crippen molar-refractivity contribution in [3.05, 3.63) is 0 Å². The maximum atomic E-state index is 9.77. The number of aliphatic hydroxyl groups is 1. The largest absolute Gasteiger partial charge is 0.390 e. The first-order valence-corrected chi connectivity index (χ1v) is 6.70. The Balaban J connectivity index is 2.20. The fourth-order valence-electron chi connectivity index (χ4n) is 1.73. The molecule has 0 radical (unpaired) electrons. The SMILES string of the molecule is CCCC[C@@H](O)[C@H]1CC[C@H](CI)O1. The molecule has 1 N–H and O–H groups in total. The van der Waals surface area contributed by atoms with E-state index in [0.29, 0.717) is 6.10 Å². The highest BCUT2D eigenvalue weighted by molar-refractivity contribution is 14.1. The van der Waals surface area contributed by atoms with E-state index in [1.165, 1.54) is 0 Å². The van der Waals surface area contributed by atoms with Gasteiger partial charge in [-0.25, -0.2) is 0 Å². The Labute approximate surface area is 94.2 Å². The third-order valence-electron chi connectivity index (χ3n) is 2.60. The molecule has 13 heavy (non-hydrogen) atoms. The van der Waals surface area contributed by atoms with E-state index in [1.54, 1.807) is 0 Å².